The molecule has 0 aliphatic heterocycles. The highest BCUT2D eigenvalue weighted by atomic mass is 32.1. The largest absolute Gasteiger partial charge is 0.358 e. The Morgan fingerprint density at radius 1 is 0.725 bits per heavy atom. The first kappa shape index (κ1) is 25.6. The fourth-order valence-corrected chi connectivity index (χ4v) is 6.88. The molecular formula is C38H31NS. The van der Waals surface area contributed by atoms with Gasteiger partial charge in [0.2, 0.25) is 0 Å². The van der Waals surface area contributed by atoms with Gasteiger partial charge in [0.1, 0.15) is 0 Å². The summed E-state index contributed by atoms with van der Waals surface area (Å²) in [5, 5.41) is 2.40. The average Bonchev–Trinajstić information content (AvgIpc) is 3.51. The van der Waals surface area contributed by atoms with Crippen molar-refractivity contribution < 1.29 is 0 Å². The summed E-state index contributed by atoms with van der Waals surface area (Å²) in [5.74, 6) is 0. The van der Waals surface area contributed by atoms with E-state index in [1.807, 2.05) is 18.2 Å². The average molecular weight is 534 g/mol. The minimum atomic E-state index is 1.09. The van der Waals surface area contributed by atoms with Gasteiger partial charge in [-0.25, -0.2) is 0 Å². The summed E-state index contributed by atoms with van der Waals surface area (Å²) in [6.07, 6.45) is 8.08. The van der Waals surface area contributed by atoms with E-state index in [1.165, 1.54) is 54.4 Å². The summed E-state index contributed by atoms with van der Waals surface area (Å²) in [7, 11) is 0. The van der Waals surface area contributed by atoms with Crippen molar-refractivity contribution in [3.8, 4) is 22.3 Å². The van der Waals surface area contributed by atoms with E-state index in [-0.39, 0.29) is 0 Å². The minimum absolute atomic E-state index is 1.09. The van der Waals surface area contributed by atoms with Crippen LogP contribution in [-0.4, -0.2) is 4.98 Å². The molecule has 0 saturated heterocycles. The maximum Gasteiger partial charge on any atom is 0.0462 e. The predicted octanol–water partition coefficient (Wildman–Crippen LogP) is 11.3. The molecule has 40 heavy (non-hydrogen) atoms. The van der Waals surface area contributed by atoms with Crippen molar-refractivity contribution >= 4 is 56.1 Å². The predicted molar refractivity (Wildman–Crippen MR) is 179 cm³/mol. The van der Waals surface area contributed by atoms with E-state index < -0.39 is 0 Å². The Bertz CT molecular complexity index is 1970. The molecule has 0 spiro atoms. The third kappa shape index (κ3) is 4.27. The first-order chi connectivity index (χ1) is 19.5. The molecule has 1 nitrogen and oxygen atoms in total. The topological polar surface area (TPSA) is 15.8 Å². The normalized spacial score (nSPS) is 11.7. The number of H-pyrrole nitrogens is 1. The molecule has 0 saturated carbocycles. The van der Waals surface area contributed by atoms with Gasteiger partial charge < -0.3 is 4.98 Å². The van der Waals surface area contributed by atoms with Crippen LogP contribution in [-0.2, 0) is 0 Å². The van der Waals surface area contributed by atoms with Crippen molar-refractivity contribution in [3.05, 3.63) is 144 Å². The van der Waals surface area contributed by atoms with Gasteiger partial charge in [-0.05, 0) is 76.6 Å². The van der Waals surface area contributed by atoms with Gasteiger partial charge in [-0.3, -0.25) is 0 Å². The highest BCUT2D eigenvalue weighted by Gasteiger charge is 2.15. The lowest BCUT2D eigenvalue weighted by Crippen LogP contribution is -1.88. The third-order valence-corrected chi connectivity index (χ3v) is 8.96. The monoisotopic (exact) mass is 533 g/mol. The Labute approximate surface area is 240 Å². The van der Waals surface area contributed by atoms with Gasteiger partial charge in [0, 0.05) is 37.1 Å². The fraction of sp³-hybridized carbons (Fsp3) is 0.0526. The first-order valence-electron chi connectivity index (χ1n) is 13.5. The van der Waals surface area contributed by atoms with Crippen LogP contribution in [0.1, 0.15) is 32.8 Å². The number of aromatic amines is 1. The molecule has 0 amide bonds. The lowest BCUT2D eigenvalue weighted by atomic mass is 9.91. The minimum Gasteiger partial charge on any atom is -0.358 e. The second-order valence-electron chi connectivity index (χ2n) is 10.1. The standard InChI is InChI=1S/C38H31NS/c1-6-26(31-18-13-19-33-28(7-2)37(8-3)40-38(31)33)22-34-25(5)39-36-21-20-27(23-35(34)36)30-16-11-12-17-32(30)29-15-10-9-14-24(29)4/h6-23,39H,1-3H2,4-5H3/b26-22+. The van der Waals surface area contributed by atoms with Gasteiger partial charge in [0.25, 0.3) is 0 Å². The van der Waals surface area contributed by atoms with Gasteiger partial charge in [-0.1, -0.05) is 111 Å². The van der Waals surface area contributed by atoms with Crippen LogP contribution in [0.5, 0.6) is 0 Å². The van der Waals surface area contributed by atoms with Crippen molar-refractivity contribution in [1.29, 1.82) is 0 Å². The molecule has 2 heterocycles. The van der Waals surface area contributed by atoms with Crippen LogP contribution < -0.4 is 0 Å². The molecule has 0 bridgehead atoms. The number of nitrogens with one attached hydrogen (secondary N) is 1. The summed E-state index contributed by atoms with van der Waals surface area (Å²) < 4.78 is 1.23. The zero-order valence-electron chi connectivity index (χ0n) is 22.9. The Morgan fingerprint density at radius 3 is 2.20 bits per heavy atom. The number of hydrogen-bond donors (Lipinski definition) is 1. The molecule has 0 fully saturated rings. The SMILES string of the molecule is C=C/C(=C\c1c(C)[nH]c2ccc(-c3ccccc3-c3ccccc3C)cc12)c1cccc2c(C=C)c(C=C)sc12. The van der Waals surface area contributed by atoms with Gasteiger partial charge in [0.05, 0.1) is 0 Å². The summed E-state index contributed by atoms with van der Waals surface area (Å²) in [6, 6.07) is 30.5. The van der Waals surface area contributed by atoms with Gasteiger partial charge in [0.15, 0.2) is 0 Å². The van der Waals surface area contributed by atoms with E-state index in [1.54, 1.807) is 11.3 Å². The molecule has 1 N–H and O–H groups in total. The fourth-order valence-electron chi connectivity index (χ4n) is 5.69. The van der Waals surface area contributed by atoms with Crippen molar-refractivity contribution in [2.24, 2.45) is 0 Å². The number of fused-ring (bicyclic) bond motifs is 2. The molecule has 0 atom stereocenters. The highest BCUT2D eigenvalue weighted by molar-refractivity contribution is 7.20. The van der Waals surface area contributed by atoms with Crippen LogP contribution in [0.3, 0.4) is 0 Å². The number of allylic oxidation sites excluding steroid dienone is 2. The molecule has 6 aromatic rings. The smallest absolute Gasteiger partial charge is 0.0462 e. The highest BCUT2D eigenvalue weighted by Crippen LogP contribution is 2.40. The Morgan fingerprint density at radius 2 is 1.48 bits per heavy atom. The van der Waals surface area contributed by atoms with Gasteiger partial charge >= 0.3 is 0 Å². The van der Waals surface area contributed by atoms with Crippen LogP contribution in [0.25, 0.3) is 67.0 Å². The zero-order valence-corrected chi connectivity index (χ0v) is 23.7. The quantitative estimate of drug-likeness (QED) is 0.196. The van der Waals surface area contributed by atoms with E-state index in [2.05, 4.69) is 130 Å². The molecule has 6 rings (SSSR count). The number of aryl methyl sites for hydroxylation is 2. The second-order valence-corrected chi connectivity index (χ2v) is 11.1. The summed E-state index contributed by atoms with van der Waals surface area (Å²) in [4.78, 5) is 4.75. The van der Waals surface area contributed by atoms with Crippen molar-refractivity contribution in [2.75, 3.05) is 0 Å². The molecule has 194 valence electrons. The van der Waals surface area contributed by atoms with Crippen molar-refractivity contribution in [1.82, 2.24) is 4.98 Å². The molecule has 0 radical (unpaired) electrons. The second kappa shape index (κ2) is 10.5. The summed E-state index contributed by atoms with van der Waals surface area (Å²) in [6.45, 7) is 16.6. The molecule has 2 aromatic heterocycles. The van der Waals surface area contributed by atoms with Crippen molar-refractivity contribution in [2.45, 2.75) is 13.8 Å². The Kier molecular flexibility index (Phi) is 6.71. The van der Waals surface area contributed by atoms with Gasteiger partial charge in [-0.2, -0.15) is 0 Å². The van der Waals surface area contributed by atoms with Crippen LogP contribution in [0.4, 0.5) is 0 Å². The maximum absolute atomic E-state index is 4.21. The number of rotatable bonds is 7. The molecule has 4 aromatic carbocycles. The van der Waals surface area contributed by atoms with Crippen LogP contribution in [0, 0.1) is 13.8 Å². The van der Waals surface area contributed by atoms with E-state index in [0.717, 1.165) is 27.2 Å². The molecule has 0 aliphatic carbocycles. The lowest BCUT2D eigenvalue weighted by molar-refractivity contribution is 1.29. The van der Waals surface area contributed by atoms with E-state index in [0.29, 0.717) is 0 Å². The van der Waals surface area contributed by atoms with Crippen LogP contribution in [0.15, 0.2) is 111 Å². The summed E-state index contributed by atoms with van der Waals surface area (Å²) >= 11 is 1.75. The molecule has 2 heteroatoms. The Hall–Kier alpha value is -4.66. The number of thiophene rings is 1. The van der Waals surface area contributed by atoms with Crippen LogP contribution >= 0.6 is 11.3 Å². The third-order valence-electron chi connectivity index (χ3n) is 7.71. The Balaban J connectivity index is 1.53. The summed E-state index contributed by atoms with van der Waals surface area (Å²) in [5.41, 5.74) is 13.1. The lowest BCUT2D eigenvalue weighted by Gasteiger charge is -2.13. The molecule has 0 aliphatic rings. The number of benzene rings is 4. The van der Waals surface area contributed by atoms with Gasteiger partial charge in [-0.15, -0.1) is 11.3 Å². The van der Waals surface area contributed by atoms with Crippen LogP contribution in [0.2, 0.25) is 0 Å². The first-order valence-corrected chi connectivity index (χ1v) is 14.3. The number of hydrogen-bond acceptors (Lipinski definition) is 1. The molecule has 0 unspecified atom stereocenters. The van der Waals surface area contributed by atoms with E-state index in [4.69, 9.17) is 0 Å². The molecular weight excluding hydrogens is 502 g/mol. The van der Waals surface area contributed by atoms with E-state index in [9.17, 15) is 0 Å². The number of aromatic nitrogens is 1. The van der Waals surface area contributed by atoms with Crippen molar-refractivity contribution in [3.63, 3.8) is 0 Å². The van der Waals surface area contributed by atoms with E-state index >= 15 is 0 Å². The zero-order chi connectivity index (χ0) is 27.8. The maximum atomic E-state index is 4.21.